The number of benzene rings is 12. The molecule has 0 spiro atoms. The van der Waals surface area contributed by atoms with Crippen molar-refractivity contribution >= 4 is 0 Å². The SMILES string of the molecule is C.C.C#Cc1ccc(C23CC4(c5ccc(C#C)cc5)CC(c5ccc(C#C)cc5)(C2)CC(c2ccc(C#C)cc2)(C3)C4)cc1.C(#Cc1ccc(C23CC4(c5ccc(C#Cc6ccccc6)cc5)CC(c5ccc(C#Cc6ccccc6)cc5)(C2)CC(c2ccc(C#Cc5ccccc5)cc2)(C3)C4)cc1)c1ccccc1. The Balaban J connectivity index is 0.000000189. The third kappa shape index (κ3) is 13.8. The summed E-state index contributed by atoms with van der Waals surface area (Å²) in [4.78, 5) is 0. The lowest BCUT2D eigenvalue weighted by Gasteiger charge is -2.71. The van der Waals surface area contributed by atoms with Crippen LogP contribution in [0.5, 0.6) is 0 Å². The van der Waals surface area contributed by atoms with E-state index in [0.717, 1.165) is 144 Å². The molecule has 8 aliphatic carbocycles. The number of hydrogen-bond donors (Lipinski definition) is 0. The van der Waals surface area contributed by atoms with Crippen LogP contribution in [0.2, 0.25) is 0 Å². The van der Waals surface area contributed by atoms with Crippen LogP contribution >= 0.6 is 0 Å². The Hall–Kier alpha value is -12.9. The van der Waals surface area contributed by atoms with E-state index in [1.54, 1.807) is 0 Å². The highest BCUT2D eigenvalue weighted by atomic mass is 14.7. The van der Waals surface area contributed by atoms with Gasteiger partial charge in [-0.2, -0.15) is 0 Å². The minimum absolute atomic E-state index is 0. The lowest BCUT2D eigenvalue weighted by Crippen LogP contribution is -2.67. The predicted molar refractivity (Wildman–Crippen MR) is 455 cm³/mol. The van der Waals surface area contributed by atoms with Gasteiger partial charge in [-0.05, 0) is 310 Å². The first-order chi connectivity index (χ1) is 52.9. The minimum atomic E-state index is -0.0799. The first-order valence-corrected chi connectivity index (χ1v) is 37.9. The van der Waals surface area contributed by atoms with Crippen LogP contribution in [0.25, 0.3) is 0 Å². The highest BCUT2D eigenvalue weighted by Gasteiger charge is 2.71. The summed E-state index contributed by atoms with van der Waals surface area (Å²) in [6, 6.07) is 114. The summed E-state index contributed by atoms with van der Waals surface area (Å²) in [5, 5.41) is 0. The predicted octanol–water partition coefficient (Wildman–Crippen LogP) is 23.0. The van der Waals surface area contributed by atoms with E-state index in [1.165, 1.54) is 44.5 Å². The van der Waals surface area contributed by atoms with E-state index in [0.29, 0.717) is 0 Å². The molecular weight excluding hydrogens is 1320 g/mol. The Labute approximate surface area is 654 Å². The van der Waals surface area contributed by atoms with Crippen molar-refractivity contribution in [1.82, 2.24) is 0 Å². The van der Waals surface area contributed by atoms with Gasteiger partial charge in [0.25, 0.3) is 0 Å². The van der Waals surface area contributed by atoms with Gasteiger partial charge in [-0.3, -0.25) is 0 Å². The van der Waals surface area contributed by atoms with Gasteiger partial charge in [0.15, 0.2) is 0 Å². The van der Waals surface area contributed by atoms with Crippen LogP contribution in [0.3, 0.4) is 0 Å². The summed E-state index contributed by atoms with van der Waals surface area (Å²) in [6.07, 6.45) is 36.2. The van der Waals surface area contributed by atoms with Crippen LogP contribution in [-0.2, 0) is 43.3 Å². The van der Waals surface area contributed by atoms with Crippen molar-refractivity contribution in [3.63, 3.8) is 0 Å². The minimum Gasteiger partial charge on any atom is -0.115 e. The fourth-order valence-electron chi connectivity index (χ4n) is 21.7. The normalized spacial score (nSPS) is 24.1. The average molecular weight is 1410 g/mol. The third-order valence-electron chi connectivity index (χ3n) is 25.3. The first kappa shape index (κ1) is 72.7. The van der Waals surface area contributed by atoms with Crippen LogP contribution in [-0.4, -0.2) is 0 Å². The molecule has 20 rings (SSSR count). The molecule has 528 valence electrons. The summed E-state index contributed by atoms with van der Waals surface area (Å²) in [7, 11) is 0. The van der Waals surface area contributed by atoms with Gasteiger partial charge in [0, 0.05) is 66.8 Å². The molecule has 12 aromatic carbocycles. The van der Waals surface area contributed by atoms with E-state index in [1.807, 2.05) is 72.8 Å². The highest BCUT2D eigenvalue weighted by molar-refractivity contribution is 5.58. The molecule has 8 aliphatic rings. The molecule has 8 saturated carbocycles. The Morgan fingerprint density at radius 1 is 0.145 bits per heavy atom. The average Bonchev–Trinajstić information content (AvgIpc) is 0.672. The Bertz CT molecular complexity index is 5000. The molecule has 0 aliphatic heterocycles. The maximum Gasteiger partial charge on any atom is 0.0249 e. The number of hydrogen-bond acceptors (Lipinski definition) is 0. The highest BCUT2D eigenvalue weighted by Crippen LogP contribution is 2.77. The fraction of sp³-hybridized carbons (Fsp3) is 0.200. The molecule has 0 N–H and O–H groups in total. The van der Waals surface area contributed by atoms with Gasteiger partial charge in [-0.25, -0.2) is 0 Å². The topological polar surface area (TPSA) is 0 Å². The standard InChI is InChI=1S/C66H48.C42H32.2CH4/c1-5-13-51(14-6-1)21-25-55-29-37-59(38-30-55)63-45-64(60-39-31-56(32-40-60)26-22-52-15-7-2-8-16-52)48-65(46-63,61-41-33-57(34-42-61)27-23-53-17-9-3-10-18-53)50-66(47-63,49-64)62-43-35-58(36-44-62)28-24-54-19-11-4-12-20-54;1-5-31-9-17-35(18-10-31)39-25-40(36-19-11-32(6-2)12-20-36)28-41(26-39,37-21-13-33(7-3)14-22-37)30-42(27-39,29-40)38-23-15-34(8-4)16-24-38;;/h1-20,29-44H,45-50H2;1-4,9-24H,25-30H2;2*1H4. The summed E-state index contributed by atoms with van der Waals surface area (Å²) < 4.78 is 0. The summed E-state index contributed by atoms with van der Waals surface area (Å²) >= 11 is 0. The number of rotatable bonds is 8. The van der Waals surface area contributed by atoms with E-state index in [9.17, 15) is 0 Å². The van der Waals surface area contributed by atoms with E-state index in [4.69, 9.17) is 25.7 Å². The molecule has 0 unspecified atom stereocenters. The molecule has 8 fully saturated rings. The molecule has 8 bridgehead atoms. The van der Waals surface area contributed by atoms with Crippen LogP contribution in [0.1, 0.15) is 203 Å². The van der Waals surface area contributed by atoms with Crippen molar-refractivity contribution in [3.8, 4) is 96.7 Å². The molecule has 0 heteroatoms. The number of terminal acetylenes is 4. The summed E-state index contributed by atoms with van der Waals surface area (Å²) in [5.41, 5.74) is 22.8. The van der Waals surface area contributed by atoms with Gasteiger partial charge < -0.3 is 0 Å². The van der Waals surface area contributed by atoms with Crippen molar-refractivity contribution in [1.29, 1.82) is 0 Å². The van der Waals surface area contributed by atoms with Crippen LogP contribution in [0.15, 0.2) is 315 Å². The maximum atomic E-state index is 5.78. The maximum absolute atomic E-state index is 5.78. The second-order valence-electron chi connectivity index (χ2n) is 32.0. The van der Waals surface area contributed by atoms with Gasteiger partial charge in [0.05, 0.1) is 0 Å². The van der Waals surface area contributed by atoms with Crippen LogP contribution in [0.4, 0.5) is 0 Å². The third-order valence-corrected chi connectivity index (χ3v) is 25.3. The molecule has 0 radical (unpaired) electrons. The molecule has 0 atom stereocenters. The van der Waals surface area contributed by atoms with Crippen molar-refractivity contribution in [2.45, 2.75) is 135 Å². The zero-order valence-electron chi connectivity index (χ0n) is 60.8. The van der Waals surface area contributed by atoms with Gasteiger partial charge in [0.2, 0.25) is 0 Å². The summed E-state index contributed by atoms with van der Waals surface area (Å²) in [5.74, 6) is 38.6. The molecule has 12 aromatic rings. The molecule has 0 heterocycles. The largest absolute Gasteiger partial charge is 0.115 e. The molecular formula is C110H88. The van der Waals surface area contributed by atoms with Crippen LogP contribution in [0, 0.1) is 96.7 Å². The second kappa shape index (κ2) is 29.7. The second-order valence-corrected chi connectivity index (χ2v) is 32.0. The van der Waals surface area contributed by atoms with E-state index in [-0.39, 0.29) is 58.2 Å². The Morgan fingerprint density at radius 2 is 0.255 bits per heavy atom. The van der Waals surface area contributed by atoms with Gasteiger partial charge in [-0.1, -0.05) is 256 Å². The van der Waals surface area contributed by atoms with Gasteiger partial charge in [-0.15, -0.1) is 25.7 Å². The smallest absolute Gasteiger partial charge is 0.0249 e. The van der Waals surface area contributed by atoms with E-state index in [2.05, 4.69) is 314 Å². The first-order valence-electron chi connectivity index (χ1n) is 37.9. The Kier molecular flexibility index (Phi) is 19.6. The summed E-state index contributed by atoms with van der Waals surface area (Å²) in [6.45, 7) is 0. The molecule has 0 saturated heterocycles. The molecule has 0 nitrogen and oxygen atoms in total. The van der Waals surface area contributed by atoms with Crippen molar-refractivity contribution in [2.24, 2.45) is 0 Å². The van der Waals surface area contributed by atoms with Gasteiger partial charge in [0.1, 0.15) is 0 Å². The quantitative estimate of drug-likeness (QED) is 0.133. The molecule has 0 aromatic heterocycles. The monoisotopic (exact) mass is 1410 g/mol. The fourth-order valence-corrected chi connectivity index (χ4v) is 21.7. The molecule has 110 heavy (non-hydrogen) atoms. The lowest BCUT2D eigenvalue weighted by molar-refractivity contribution is -0.0694. The molecule has 0 amide bonds. The van der Waals surface area contributed by atoms with Crippen molar-refractivity contribution in [2.75, 3.05) is 0 Å². The zero-order chi connectivity index (χ0) is 73.3. The van der Waals surface area contributed by atoms with E-state index >= 15 is 0 Å². The Morgan fingerprint density at radius 3 is 0.373 bits per heavy atom. The van der Waals surface area contributed by atoms with E-state index < -0.39 is 0 Å². The lowest BCUT2D eigenvalue weighted by atomic mass is 9.32. The van der Waals surface area contributed by atoms with Crippen LogP contribution < -0.4 is 0 Å². The zero-order valence-corrected chi connectivity index (χ0v) is 60.8. The van der Waals surface area contributed by atoms with Gasteiger partial charge >= 0.3 is 0 Å². The van der Waals surface area contributed by atoms with Crippen molar-refractivity contribution in [3.05, 3.63) is 427 Å². The van der Waals surface area contributed by atoms with Crippen molar-refractivity contribution < 1.29 is 0 Å².